The maximum absolute atomic E-state index is 13.4. The molecule has 196 valence electrons. The number of hydrogen-bond acceptors (Lipinski definition) is 5. The number of nitrogens with two attached hydrogens (primary N) is 2. The summed E-state index contributed by atoms with van der Waals surface area (Å²) >= 11 is 0. The minimum absolute atomic E-state index is 0.0365. The van der Waals surface area contributed by atoms with E-state index in [1.165, 1.54) is 0 Å². The number of aryl methyl sites for hydroxylation is 1. The van der Waals surface area contributed by atoms with Gasteiger partial charge in [-0.1, -0.05) is 54.6 Å². The van der Waals surface area contributed by atoms with E-state index in [4.69, 9.17) is 11.5 Å². The summed E-state index contributed by atoms with van der Waals surface area (Å²) in [6.07, 6.45) is 4.98. The van der Waals surface area contributed by atoms with Crippen molar-refractivity contribution in [3.63, 3.8) is 0 Å². The lowest BCUT2D eigenvalue weighted by atomic mass is 9.90. The number of fused-ring (bicyclic) bond motifs is 1. The number of para-hydroxylation sites is 1. The fourth-order valence-electron chi connectivity index (χ4n) is 4.60. The summed E-state index contributed by atoms with van der Waals surface area (Å²) < 4.78 is 0. The van der Waals surface area contributed by atoms with Crippen LogP contribution in [0.3, 0.4) is 0 Å². The Morgan fingerprint density at radius 3 is 2.39 bits per heavy atom. The smallest absolute Gasteiger partial charge is 0.240 e. The van der Waals surface area contributed by atoms with E-state index in [0.29, 0.717) is 19.3 Å². The molecule has 2 aromatic carbocycles. The molecule has 0 aliphatic rings. The molecule has 0 aliphatic carbocycles. The first-order chi connectivity index (χ1) is 18.4. The molecule has 0 aliphatic heterocycles. The Labute approximate surface area is 221 Å². The highest BCUT2D eigenvalue weighted by molar-refractivity contribution is 5.92. The zero-order chi connectivity index (χ0) is 26.9. The van der Waals surface area contributed by atoms with Crippen LogP contribution in [0, 0.1) is 5.92 Å². The lowest BCUT2D eigenvalue weighted by molar-refractivity contribution is -0.132. The Kier molecular flexibility index (Phi) is 9.00. The van der Waals surface area contributed by atoms with Crippen molar-refractivity contribution in [3.05, 3.63) is 102 Å². The predicted molar refractivity (Wildman–Crippen MR) is 147 cm³/mol. The van der Waals surface area contributed by atoms with Gasteiger partial charge in [-0.25, -0.2) is 0 Å². The number of nitrogens with one attached hydrogen (secondary N) is 2. The van der Waals surface area contributed by atoms with Crippen molar-refractivity contribution >= 4 is 28.5 Å². The van der Waals surface area contributed by atoms with Crippen LogP contribution in [0.4, 0.5) is 0 Å². The minimum atomic E-state index is -0.924. The first-order valence-corrected chi connectivity index (χ1v) is 12.8. The molecule has 0 saturated heterocycles. The number of aromatic nitrogens is 2. The van der Waals surface area contributed by atoms with E-state index >= 15 is 0 Å². The number of pyridine rings is 1. The first kappa shape index (κ1) is 26.8. The fraction of sp³-hybridized carbons (Fsp3) is 0.267. The molecule has 4 rings (SSSR count). The van der Waals surface area contributed by atoms with E-state index in [-0.39, 0.29) is 18.6 Å². The SMILES string of the molecule is NC(=O)[C@H](Cc1c[nH]c2ccccc12)NC(=O)[C@H](CCc1ccccn1)CC(=O)[C@H](N)Cc1ccccc1. The average Bonchev–Trinajstić information content (AvgIpc) is 3.34. The van der Waals surface area contributed by atoms with E-state index in [0.717, 1.165) is 27.7 Å². The number of carbonyl (C=O) groups is 3. The number of primary amides is 1. The van der Waals surface area contributed by atoms with Crippen LogP contribution in [0.2, 0.25) is 0 Å². The second-order valence-corrected chi connectivity index (χ2v) is 9.55. The van der Waals surface area contributed by atoms with Crippen molar-refractivity contribution in [2.75, 3.05) is 0 Å². The van der Waals surface area contributed by atoms with Crippen molar-refractivity contribution in [2.45, 2.75) is 44.2 Å². The number of hydrogen-bond donors (Lipinski definition) is 4. The van der Waals surface area contributed by atoms with Gasteiger partial charge in [0.15, 0.2) is 5.78 Å². The number of aromatic amines is 1. The third-order valence-corrected chi connectivity index (χ3v) is 6.76. The molecule has 2 heterocycles. The molecule has 6 N–H and O–H groups in total. The van der Waals surface area contributed by atoms with Gasteiger partial charge in [-0.05, 0) is 48.6 Å². The van der Waals surface area contributed by atoms with Gasteiger partial charge in [0.25, 0.3) is 0 Å². The lowest BCUT2D eigenvalue weighted by Crippen LogP contribution is -2.48. The second kappa shape index (κ2) is 12.8. The molecule has 38 heavy (non-hydrogen) atoms. The summed E-state index contributed by atoms with van der Waals surface area (Å²) in [6, 6.07) is 21.2. The third kappa shape index (κ3) is 7.14. The van der Waals surface area contributed by atoms with Crippen molar-refractivity contribution in [2.24, 2.45) is 17.4 Å². The van der Waals surface area contributed by atoms with Gasteiger partial charge in [-0.2, -0.15) is 0 Å². The zero-order valence-electron chi connectivity index (χ0n) is 21.2. The molecule has 0 spiro atoms. The average molecular weight is 512 g/mol. The van der Waals surface area contributed by atoms with E-state index in [1.54, 1.807) is 6.20 Å². The highest BCUT2D eigenvalue weighted by atomic mass is 16.2. The Hall–Kier alpha value is -4.30. The number of H-pyrrole nitrogens is 1. The fourth-order valence-corrected chi connectivity index (χ4v) is 4.60. The van der Waals surface area contributed by atoms with Gasteiger partial charge < -0.3 is 21.8 Å². The molecule has 8 nitrogen and oxygen atoms in total. The van der Waals surface area contributed by atoms with Crippen LogP contribution in [0.25, 0.3) is 10.9 Å². The van der Waals surface area contributed by atoms with Crippen molar-refractivity contribution in [1.29, 1.82) is 0 Å². The Balaban J connectivity index is 1.47. The summed E-state index contributed by atoms with van der Waals surface area (Å²) in [5, 5.41) is 3.77. The van der Waals surface area contributed by atoms with Gasteiger partial charge in [-0.15, -0.1) is 0 Å². The number of ketones is 1. The molecule has 8 heteroatoms. The molecule has 4 aromatic rings. The second-order valence-electron chi connectivity index (χ2n) is 9.55. The van der Waals surface area contributed by atoms with E-state index in [2.05, 4.69) is 15.3 Å². The van der Waals surface area contributed by atoms with E-state index in [1.807, 2.05) is 79.0 Å². The zero-order valence-corrected chi connectivity index (χ0v) is 21.2. The van der Waals surface area contributed by atoms with Crippen molar-refractivity contribution in [3.8, 4) is 0 Å². The van der Waals surface area contributed by atoms with Gasteiger partial charge in [0.2, 0.25) is 11.8 Å². The number of benzene rings is 2. The number of Topliss-reactive ketones (excluding diaryl/α,β-unsaturated/α-hetero) is 1. The van der Waals surface area contributed by atoms with Crippen LogP contribution in [0.1, 0.15) is 29.7 Å². The Morgan fingerprint density at radius 1 is 0.921 bits per heavy atom. The monoisotopic (exact) mass is 511 g/mol. The highest BCUT2D eigenvalue weighted by Gasteiger charge is 2.28. The van der Waals surface area contributed by atoms with Crippen molar-refractivity contribution < 1.29 is 14.4 Å². The molecule has 0 unspecified atom stereocenters. The van der Waals surface area contributed by atoms with Crippen LogP contribution in [-0.2, 0) is 33.6 Å². The number of rotatable bonds is 13. The number of carbonyl (C=O) groups excluding carboxylic acids is 3. The Bertz CT molecular complexity index is 1370. The van der Waals surface area contributed by atoms with Gasteiger partial charge in [0.05, 0.1) is 6.04 Å². The van der Waals surface area contributed by atoms with Crippen molar-refractivity contribution in [1.82, 2.24) is 15.3 Å². The molecule has 2 aromatic heterocycles. The van der Waals surface area contributed by atoms with Crippen LogP contribution < -0.4 is 16.8 Å². The first-order valence-electron chi connectivity index (χ1n) is 12.8. The topological polar surface area (TPSA) is 144 Å². The standard InChI is InChI=1S/C30H33N5O3/c31-25(16-20-8-2-1-3-9-20)28(36)18-21(13-14-23-10-6-7-15-33-23)30(38)35-27(29(32)37)17-22-19-34-26-12-5-4-11-24(22)26/h1-12,15,19,21,25,27,34H,13-14,16-18,31H2,(H2,32,37)(H,35,38)/t21-,25-,27+/m1/s1. The number of nitrogens with zero attached hydrogens (tertiary/aromatic N) is 1. The molecule has 2 amide bonds. The van der Waals surface area contributed by atoms with Gasteiger partial charge in [-0.3, -0.25) is 19.4 Å². The van der Waals surface area contributed by atoms with Crippen LogP contribution in [-0.4, -0.2) is 39.6 Å². The predicted octanol–water partition coefficient (Wildman–Crippen LogP) is 2.85. The molecule has 0 bridgehead atoms. The van der Waals surface area contributed by atoms with Gasteiger partial charge in [0.1, 0.15) is 6.04 Å². The summed E-state index contributed by atoms with van der Waals surface area (Å²) in [4.78, 5) is 46.4. The summed E-state index contributed by atoms with van der Waals surface area (Å²) in [5.41, 5.74) is 15.5. The van der Waals surface area contributed by atoms with Gasteiger partial charge >= 0.3 is 0 Å². The number of amides is 2. The third-order valence-electron chi connectivity index (χ3n) is 6.76. The molecule has 3 atom stereocenters. The van der Waals surface area contributed by atoms with Crippen LogP contribution >= 0.6 is 0 Å². The van der Waals surface area contributed by atoms with E-state index in [9.17, 15) is 14.4 Å². The van der Waals surface area contributed by atoms with Gasteiger partial charge in [0, 0.05) is 47.8 Å². The maximum atomic E-state index is 13.4. The lowest BCUT2D eigenvalue weighted by Gasteiger charge is -2.22. The molecular formula is C30H33N5O3. The summed E-state index contributed by atoms with van der Waals surface area (Å²) in [7, 11) is 0. The largest absolute Gasteiger partial charge is 0.368 e. The highest BCUT2D eigenvalue weighted by Crippen LogP contribution is 2.20. The van der Waals surface area contributed by atoms with E-state index < -0.39 is 29.8 Å². The molecule has 0 saturated carbocycles. The Morgan fingerprint density at radius 2 is 1.66 bits per heavy atom. The van der Waals surface area contributed by atoms with Crippen LogP contribution in [0.5, 0.6) is 0 Å². The molecule has 0 fully saturated rings. The van der Waals surface area contributed by atoms with Crippen LogP contribution in [0.15, 0.2) is 85.2 Å². The molecular weight excluding hydrogens is 478 g/mol. The molecule has 0 radical (unpaired) electrons. The summed E-state index contributed by atoms with van der Waals surface area (Å²) in [5.74, 6) is -1.93. The minimum Gasteiger partial charge on any atom is -0.368 e. The maximum Gasteiger partial charge on any atom is 0.240 e. The summed E-state index contributed by atoms with van der Waals surface area (Å²) in [6.45, 7) is 0. The normalized spacial score (nSPS) is 13.5. The quantitative estimate of drug-likeness (QED) is 0.218.